The molecule has 1 N–H and O–H groups in total. The van der Waals surface area contributed by atoms with Crippen LogP contribution in [0.2, 0.25) is 0 Å². The lowest BCUT2D eigenvalue weighted by Crippen LogP contribution is -2.44. The first-order valence-electron chi connectivity index (χ1n) is 9.56. The van der Waals surface area contributed by atoms with Crippen LogP contribution in [0.4, 0.5) is 18.9 Å². The van der Waals surface area contributed by atoms with Gasteiger partial charge in [-0.25, -0.2) is 15.0 Å². The lowest BCUT2D eigenvalue weighted by molar-refractivity contribution is -0.267. The predicted molar refractivity (Wildman–Crippen MR) is 111 cm³/mol. The van der Waals surface area contributed by atoms with Crippen molar-refractivity contribution in [2.75, 3.05) is 27.8 Å². The number of aliphatic imine (C=N–C) groups is 1. The Hall–Kier alpha value is -2.88. The molecule has 0 radical (unpaired) electrons. The smallest absolute Gasteiger partial charge is 0.421 e. The van der Waals surface area contributed by atoms with Crippen LogP contribution in [0.25, 0.3) is 0 Å². The third-order valence-corrected chi connectivity index (χ3v) is 4.83. The molecular weight excluding hydrogens is 413 g/mol. The van der Waals surface area contributed by atoms with E-state index in [-0.39, 0.29) is 17.5 Å². The zero-order valence-electron chi connectivity index (χ0n) is 18.4. The number of ether oxygens (including phenoxy) is 2. The molecule has 2 rings (SSSR count). The van der Waals surface area contributed by atoms with Gasteiger partial charge in [-0.05, 0) is 38.5 Å². The quantitative estimate of drug-likeness (QED) is 0.498. The van der Waals surface area contributed by atoms with Crippen molar-refractivity contribution in [3.63, 3.8) is 0 Å². The molecule has 0 aliphatic carbocycles. The van der Waals surface area contributed by atoms with Gasteiger partial charge in [-0.1, -0.05) is 0 Å². The standard InChI is InChI=1S/C21H27F3N4O3/c1-7-28(4)12-25-17-10-18(30-5)16(8-13(17)2)20(29,21(22,23)24)11-15-9-14(3)26-19(27-15)31-6/h8-10,12,29H,7,11H2,1-6H3. The summed E-state index contributed by atoms with van der Waals surface area (Å²) in [6, 6.07) is 3.92. The highest BCUT2D eigenvalue weighted by Crippen LogP contribution is 2.46. The monoisotopic (exact) mass is 440 g/mol. The highest BCUT2D eigenvalue weighted by atomic mass is 19.4. The van der Waals surface area contributed by atoms with Gasteiger partial charge < -0.3 is 19.5 Å². The number of halogens is 3. The van der Waals surface area contributed by atoms with Gasteiger partial charge in [0.25, 0.3) is 0 Å². The average molecular weight is 440 g/mol. The van der Waals surface area contributed by atoms with E-state index < -0.39 is 23.8 Å². The highest BCUT2D eigenvalue weighted by molar-refractivity contribution is 5.65. The Morgan fingerprint density at radius 3 is 2.35 bits per heavy atom. The number of alkyl halides is 3. The largest absolute Gasteiger partial charge is 0.496 e. The first-order chi connectivity index (χ1) is 14.4. The van der Waals surface area contributed by atoms with Gasteiger partial charge in [-0.3, -0.25) is 0 Å². The van der Waals surface area contributed by atoms with Crippen molar-refractivity contribution < 1.29 is 27.8 Å². The Morgan fingerprint density at radius 1 is 1.13 bits per heavy atom. The normalized spacial score (nSPS) is 13.9. The number of hydrogen-bond donors (Lipinski definition) is 1. The summed E-state index contributed by atoms with van der Waals surface area (Å²) < 4.78 is 52.7. The molecule has 0 fully saturated rings. The molecule has 1 aromatic heterocycles. The Balaban J connectivity index is 2.61. The van der Waals surface area contributed by atoms with Gasteiger partial charge in [0, 0.05) is 37.3 Å². The van der Waals surface area contributed by atoms with Crippen molar-refractivity contribution in [1.29, 1.82) is 0 Å². The fourth-order valence-corrected chi connectivity index (χ4v) is 2.95. The van der Waals surface area contributed by atoms with Crippen LogP contribution in [0.1, 0.15) is 29.4 Å². The molecule has 1 unspecified atom stereocenters. The second-order valence-corrected chi connectivity index (χ2v) is 7.18. The minimum atomic E-state index is -5.01. The lowest BCUT2D eigenvalue weighted by Gasteiger charge is -2.32. The molecule has 1 aromatic carbocycles. The zero-order chi connectivity index (χ0) is 23.4. The van der Waals surface area contributed by atoms with Crippen LogP contribution in [0, 0.1) is 13.8 Å². The van der Waals surface area contributed by atoms with E-state index in [1.807, 2.05) is 18.9 Å². The number of hydrogen-bond acceptors (Lipinski definition) is 6. The molecule has 0 saturated heterocycles. The summed E-state index contributed by atoms with van der Waals surface area (Å²) in [5.41, 5.74) is -2.38. The SMILES string of the molecule is CCN(C)C=Nc1cc(OC)c(C(O)(Cc2cc(C)nc(OC)n2)C(F)(F)F)cc1C. The molecule has 0 aliphatic rings. The van der Waals surface area contributed by atoms with E-state index in [0.717, 1.165) is 0 Å². The molecular formula is C21H27F3N4O3. The van der Waals surface area contributed by atoms with E-state index in [4.69, 9.17) is 9.47 Å². The fraction of sp³-hybridized carbons (Fsp3) is 0.476. The number of benzene rings is 1. The van der Waals surface area contributed by atoms with Gasteiger partial charge in [-0.2, -0.15) is 13.2 Å². The summed E-state index contributed by atoms with van der Waals surface area (Å²) in [5, 5.41) is 11.0. The maximum absolute atomic E-state index is 14.2. The molecule has 2 aromatic rings. The first kappa shape index (κ1) is 24.4. The average Bonchev–Trinajstić information content (AvgIpc) is 2.70. The van der Waals surface area contributed by atoms with Crippen LogP contribution in [0.3, 0.4) is 0 Å². The first-order valence-corrected chi connectivity index (χ1v) is 9.56. The van der Waals surface area contributed by atoms with Crippen molar-refractivity contribution >= 4 is 12.0 Å². The van der Waals surface area contributed by atoms with Gasteiger partial charge in [-0.15, -0.1) is 0 Å². The molecule has 170 valence electrons. The minimum Gasteiger partial charge on any atom is -0.496 e. The number of nitrogens with zero attached hydrogens (tertiary/aromatic N) is 4. The fourth-order valence-electron chi connectivity index (χ4n) is 2.95. The maximum Gasteiger partial charge on any atom is 0.421 e. The molecule has 0 aliphatic heterocycles. The van der Waals surface area contributed by atoms with Gasteiger partial charge in [0.1, 0.15) is 5.75 Å². The predicted octanol–water partition coefficient (Wildman–Crippen LogP) is 3.71. The number of aromatic nitrogens is 2. The third-order valence-electron chi connectivity index (χ3n) is 4.83. The topological polar surface area (TPSA) is 80.1 Å². The Kier molecular flexibility index (Phi) is 7.48. The van der Waals surface area contributed by atoms with Gasteiger partial charge in [0.15, 0.2) is 5.60 Å². The van der Waals surface area contributed by atoms with Crippen molar-refractivity contribution in [2.24, 2.45) is 4.99 Å². The van der Waals surface area contributed by atoms with Crippen molar-refractivity contribution in [2.45, 2.75) is 39.0 Å². The molecule has 0 spiro atoms. The third kappa shape index (κ3) is 5.43. The maximum atomic E-state index is 14.2. The molecule has 10 heteroatoms. The van der Waals surface area contributed by atoms with Gasteiger partial charge in [0.2, 0.25) is 0 Å². The lowest BCUT2D eigenvalue weighted by atomic mass is 9.86. The van der Waals surface area contributed by atoms with Crippen molar-refractivity contribution in [1.82, 2.24) is 14.9 Å². The van der Waals surface area contributed by atoms with Crippen molar-refractivity contribution in [3.8, 4) is 11.8 Å². The minimum absolute atomic E-state index is 0.0180. The van der Waals surface area contributed by atoms with Crippen LogP contribution in [-0.4, -0.2) is 60.3 Å². The summed E-state index contributed by atoms with van der Waals surface area (Å²) in [6.45, 7) is 5.88. The summed E-state index contributed by atoms with van der Waals surface area (Å²) >= 11 is 0. The summed E-state index contributed by atoms with van der Waals surface area (Å²) in [4.78, 5) is 14.1. The summed E-state index contributed by atoms with van der Waals surface area (Å²) in [7, 11) is 4.38. The number of methoxy groups -OCH3 is 2. The van der Waals surface area contributed by atoms with E-state index in [1.54, 1.807) is 20.2 Å². The zero-order valence-corrected chi connectivity index (χ0v) is 18.4. The molecule has 31 heavy (non-hydrogen) atoms. The molecule has 1 atom stereocenters. The van der Waals surface area contributed by atoms with Crippen LogP contribution in [-0.2, 0) is 12.0 Å². The number of aliphatic hydroxyl groups is 1. The van der Waals surface area contributed by atoms with Crippen LogP contribution in [0.15, 0.2) is 23.2 Å². The molecule has 0 saturated carbocycles. The van der Waals surface area contributed by atoms with Crippen LogP contribution >= 0.6 is 0 Å². The van der Waals surface area contributed by atoms with E-state index in [0.29, 0.717) is 23.5 Å². The van der Waals surface area contributed by atoms with Crippen LogP contribution < -0.4 is 9.47 Å². The molecule has 0 bridgehead atoms. The van der Waals surface area contributed by atoms with Crippen molar-refractivity contribution in [3.05, 3.63) is 40.7 Å². The number of rotatable bonds is 8. The second-order valence-electron chi connectivity index (χ2n) is 7.18. The van der Waals surface area contributed by atoms with Gasteiger partial charge >= 0.3 is 12.2 Å². The second kappa shape index (κ2) is 9.51. The number of aryl methyl sites for hydroxylation is 2. The van der Waals surface area contributed by atoms with E-state index in [9.17, 15) is 18.3 Å². The molecule has 1 heterocycles. The summed E-state index contributed by atoms with van der Waals surface area (Å²) in [5.74, 6) is -0.130. The Bertz CT molecular complexity index is 950. The summed E-state index contributed by atoms with van der Waals surface area (Å²) in [6.07, 6.45) is -4.27. The molecule has 7 nitrogen and oxygen atoms in total. The Morgan fingerprint density at radius 2 is 1.81 bits per heavy atom. The molecule has 0 amide bonds. The van der Waals surface area contributed by atoms with Crippen LogP contribution in [0.5, 0.6) is 11.8 Å². The highest BCUT2D eigenvalue weighted by Gasteiger charge is 2.56. The van der Waals surface area contributed by atoms with E-state index in [1.165, 1.54) is 32.4 Å². The van der Waals surface area contributed by atoms with Gasteiger partial charge in [0.05, 0.1) is 31.9 Å². The van der Waals surface area contributed by atoms with E-state index >= 15 is 0 Å². The Labute approximate surface area is 179 Å². The van der Waals surface area contributed by atoms with E-state index in [2.05, 4.69) is 15.0 Å².